The zero-order valence-corrected chi connectivity index (χ0v) is 14.8. The van der Waals surface area contributed by atoms with Crippen molar-refractivity contribution in [2.75, 3.05) is 0 Å². The molecule has 0 aliphatic carbocycles. The van der Waals surface area contributed by atoms with Gasteiger partial charge in [-0.2, -0.15) is 5.10 Å². The zero-order valence-electron chi connectivity index (χ0n) is 14.0. The minimum atomic E-state index is -0.170. The molecule has 3 aromatic rings. The second-order valence-electron chi connectivity index (χ2n) is 5.96. The summed E-state index contributed by atoms with van der Waals surface area (Å²) >= 11 is 1.48. The Morgan fingerprint density at radius 3 is 2.48 bits per heavy atom. The van der Waals surface area contributed by atoms with Crippen LogP contribution in [0.15, 0.2) is 17.8 Å². The van der Waals surface area contributed by atoms with Crippen LogP contribution in [-0.2, 0) is 0 Å². The van der Waals surface area contributed by atoms with Gasteiger partial charge in [0.25, 0.3) is 5.91 Å². The number of hydrogen-bond donors (Lipinski definition) is 1. The summed E-state index contributed by atoms with van der Waals surface area (Å²) in [7, 11) is 0. The van der Waals surface area contributed by atoms with Crippen molar-refractivity contribution in [1.29, 1.82) is 0 Å². The number of carbonyl (C=O) groups is 1. The molecule has 1 aromatic carbocycles. The quantitative estimate of drug-likeness (QED) is 0.800. The maximum Gasteiger partial charge on any atom is 0.252 e. The third-order valence-electron chi connectivity index (χ3n) is 4.39. The fourth-order valence-electron chi connectivity index (χ4n) is 2.76. The Morgan fingerprint density at radius 1 is 1.22 bits per heavy atom. The third kappa shape index (κ3) is 2.74. The molecule has 0 aliphatic rings. The lowest BCUT2D eigenvalue weighted by atomic mass is 9.93. The van der Waals surface area contributed by atoms with Gasteiger partial charge in [0.05, 0.1) is 17.9 Å². The van der Waals surface area contributed by atoms with Crippen molar-refractivity contribution >= 4 is 22.2 Å². The number of benzene rings is 1. The summed E-state index contributed by atoms with van der Waals surface area (Å²) in [6, 6.07) is 1.95. The van der Waals surface area contributed by atoms with E-state index in [-0.39, 0.29) is 11.9 Å². The summed E-state index contributed by atoms with van der Waals surface area (Å²) in [4.78, 5) is 18.1. The SMILES string of the molecule is Cc1cc(C)c(C)c(C(=O)N[C@H](C)c2cn3ncsc3n2)c1C. The Bertz CT molecular complexity index is 839. The lowest BCUT2D eigenvalue weighted by molar-refractivity contribution is 0.0937. The molecule has 0 spiro atoms. The van der Waals surface area contributed by atoms with Crippen molar-refractivity contribution in [2.45, 2.75) is 40.7 Å². The molecule has 1 atom stereocenters. The van der Waals surface area contributed by atoms with Crippen LogP contribution in [0.5, 0.6) is 0 Å². The normalized spacial score (nSPS) is 12.6. The lowest BCUT2D eigenvalue weighted by Gasteiger charge is -2.17. The highest BCUT2D eigenvalue weighted by Gasteiger charge is 2.19. The van der Waals surface area contributed by atoms with Gasteiger partial charge in [-0.1, -0.05) is 17.4 Å². The molecule has 120 valence electrons. The number of nitrogens with zero attached hydrogens (tertiary/aromatic N) is 3. The maximum absolute atomic E-state index is 12.8. The average molecular weight is 328 g/mol. The van der Waals surface area contributed by atoms with Crippen LogP contribution >= 0.6 is 11.3 Å². The number of aryl methyl sites for hydroxylation is 2. The lowest BCUT2D eigenvalue weighted by Crippen LogP contribution is -2.28. The van der Waals surface area contributed by atoms with Crippen molar-refractivity contribution in [1.82, 2.24) is 19.9 Å². The Labute approximate surface area is 139 Å². The van der Waals surface area contributed by atoms with Crippen molar-refractivity contribution in [3.63, 3.8) is 0 Å². The van der Waals surface area contributed by atoms with E-state index in [0.717, 1.165) is 38.5 Å². The predicted molar refractivity (Wildman–Crippen MR) is 92.1 cm³/mol. The number of hydrogen-bond acceptors (Lipinski definition) is 4. The van der Waals surface area contributed by atoms with Crippen LogP contribution in [0.3, 0.4) is 0 Å². The van der Waals surface area contributed by atoms with Gasteiger partial charge in [-0.05, 0) is 56.9 Å². The first-order valence-electron chi connectivity index (χ1n) is 7.55. The van der Waals surface area contributed by atoms with E-state index in [2.05, 4.69) is 21.5 Å². The van der Waals surface area contributed by atoms with Crippen molar-refractivity contribution in [3.05, 3.63) is 51.3 Å². The van der Waals surface area contributed by atoms with Gasteiger partial charge in [0, 0.05) is 5.56 Å². The molecule has 3 rings (SSSR count). The number of imidazole rings is 1. The highest BCUT2D eigenvalue weighted by molar-refractivity contribution is 7.14. The van der Waals surface area contributed by atoms with E-state index in [1.807, 2.05) is 40.8 Å². The van der Waals surface area contributed by atoms with Gasteiger partial charge in [-0.3, -0.25) is 4.79 Å². The standard InChI is InChI=1S/C17H20N4OS/c1-9-6-10(2)12(4)15(11(9)3)16(22)19-13(5)14-7-21-17(20-14)23-8-18-21/h6-8,13H,1-5H3,(H,19,22)/t13-/m1/s1. The van der Waals surface area contributed by atoms with Crippen molar-refractivity contribution in [2.24, 2.45) is 0 Å². The maximum atomic E-state index is 12.8. The average Bonchev–Trinajstić information content (AvgIpc) is 3.06. The van der Waals surface area contributed by atoms with Gasteiger partial charge < -0.3 is 5.32 Å². The van der Waals surface area contributed by atoms with E-state index in [1.165, 1.54) is 11.3 Å². The van der Waals surface area contributed by atoms with Crippen LogP contribution in [0.25, 0.3) is 4.96 Å². The fraction of sp³-hybridized carbons (Fsp3) is 0.353. The first kappa shape index (κ1) is 15.7. The van der Waals surface area contributed by atoms with Gasteiger partial charge in [0.1, 0.15) is 5.51 Å². The number of nitrogens with one attached hydrogen (secondary N) is 1. The molecular formula is C17H20N4OS. The van der Waals surface area contributed by atoms with Crippen LogP contribution in [-0.4, -0.2) is 20.5 Å². The van der Waals surface area contributed by atoms with E-state index in [4.69, 9.17) is 0 Å². The Hall–Kier alpha value is -2.21. The molecular weight excluding hydrogens is 308 g/mol. The topological polar surface area (TPSA) is 59.3 Å². The van der Waals surface area contributed by atoms with Gasteiger partial charge in [0.15, 0.2) is 0 Å². The molecule has 6 heteroatoms. The molecule has 0 bridgehead atoms. The molecule has 2 heterocycles. The molecule has 0 saturated heterocycles. The van der Waals surface area contributed by atoms with E-state index in [9.17, 15) is 4.79 Å². The second kappa shape index (κ2) is 5.77. The second-order valence-corrected chi connectivity index (χ2v) is 6.77. The summed E-state index contributed by atoms with van der Waals surface area (Å²) < 4.78 is 1.73. The molecule has 5 nitrogen and oxygen atoms in total. The Morgan fingerprint density at radius 2 is 1.87 bits per heavy atom. The minimum Gasteiger partial charge on any atom is -0.344 e. The van der Waals surface area contributed by atoms with Gasteiger partial charge in [0.2, 0.25) is 4.96 Å². The summed E-state index contributed by atoms with van der Waals surface area (Å²) in [5.74, 6) is -0.0522. The summed E-state index contributed by atoms with van der Waals surface area (Å²) in [6.45, 7) is 10.0. The molecule has 1 N–H and O–H groups in total. The van der Waals surface area contributed by atoms with Crippen molar-refractivity contribution < 1.29 is 4.79 Å². The molecule has 0 radical (unpaired) electrons. The largest absolute Gasteiger partial charge is 0.344 e. The van der Waals surface area contributed by atoms with Gasteiger partial charge in [-0.15, -0.1) is 0 Å². The Kier molecular flexibility index (Phi) is 3.93. The third-order valence-corrected chi connectivity index (χ3v) is 5.08. The number of fused-ring (bicyclic) bond motifs is 1. The Balaban J connectivity index is 1.88. The predicted octanol–water partition coefficient (Wildman–Crippen LogP) is 3.52. The van der Waals surface area contributed by atoms with E-state index < -0.39 is 0 Å². The number of amides is 1. The molecule has 0 fully saturated rings. The van der Waals surface area contributed by atoms with Crippen LogP contribution in [0, 0.1) is 27.7 Å². The number of carbonyl (C=O) groups excluding carboxylic acids is 1. The minimum absolute atomic E-state index is 0.0522. The highest BCUT2D eigenvalue weighted by Crippen LogP contribution is 2.23. The molecule has 2 aromatic heterocycles. The summed E-state index contributed by atoms with van der Waals surface area (Å²) in [6.07, 6.45) is 1.86. The number of aromatic nitrogens is 3. The monoisotopic (exact) mass is 328 g/mol. The molecule has 23 heavy (non-hydrogen) atoms. The van der Waals surface area contributed by atoms with E-state index >= 15 is 0 Å². The summed E-state index contributed by atoms with van der Waals surface area (Å²) in [5, 5.41) is 7.23. The van der Waals surface area contributed by atoms with Crippen LogP contribution in [0.4, 0.5) is 0 Å². The first-order chi connectivity index (χ1) is 10.9. The van der Waals surface area contributed by atoms with Gasteiger partial charge >= 0.3 is 0 Å². The van der Waals surface area contributed by atoms with E-state index in [1.54, 1.807) is 10.0 Å². The molecule has 0 saturated carbocycles. The van der Waals surface area contributed by atoms with Crippen LogP contribution in [0.2, 0.25) is 0 Å². The summed E-state index contributed by atoms with van der Waals surface area (Å²) in [5.41, 5.74) is 7.68. The van der Waals surface area contributed by atoms with Crippen molar-refractivity contribution in [3.8, 4) is 0 Å². The highest BCUT2D eigenvalue weighted by atomic mass is 32.1. The van der Waals surface area contributed by atoms with E-state index in [0.29, 0.717) is 0 Å². The van der Waals surface area contributed by atoms with Crippen LogP contribution < -0.4 is 5.32 Å². The smallest absolute Gasteiger partial charge is 0.252 e. The van der Waals surface area contributed by atoms with Gasteiger partial charge in [-0.25, -0.2) is 9.50 Å². The molecule has 0 unspecified atom stereocenters. The number of rotatable bonds is 3. The fourth-order valence-corrected chi connectivity index (χ4v) is 3.37. The molecule has 1 amide bonds. The van der Waals surface area contributed by atoms with Crippen LogP contribution in [0.1, 0.15) is 51.3 Å². The first-order valence-corrected chi connectivity index (χ1v) is 8.43. The molecule has 0 aliphatic heterocycles. The zero-order chi connectivity index (χ0) is 16.7.